The molecule has 0 aromatic carbocycles. The second-order valence-electron chi connectivity index (χ2n) is 2.48. The molecule has 1 fully saturated rings. The molecule has 0 aromatic rings. The van der Waals surface area contributed by atoms with Gasteiger partial charge in [-0.25, -0.2) is 0 Å². The van der Waals surface area contributed by atoms with E-state index in [0.29, 0.717) is 0 Å². The van der Waals surface area contributed by atoms with Gasteiger partial charge in [-0.2, -0.15) is 0 Å². The van der Waals surface area contributed by atoms with Gasteiger partial charge in [0.2, 0.25) is 0 Å². The third kappa shape index (κ3) is 1.69. The van der Waals surface area contributed by atoms with Crippen LogP contribution in [0.3, 0.4) is 0 Å². The fourth-order valence-corrected chi connectivity index (χ4v) is 1.08. The van der Waals surface area contributed by atoms with Crippen molar-refractivity contribution in [2.24, 2.45) is 0 Å². The molecule has 1 saturated heterocycles. The molecule has 0 saturated carbocycles. The van der Waals surface area contributed by atoms with Crippen molar-refractivity contribution in [2.45, 2.75) is 24.6 Å². The molecule has 1 heterocycles. The average Bonchev–Trinajstić information content (AvgIpc) is 1.99. The normalized spacial score (nSPS) is 45.8. The van der Waals surface area contributed by atoms with Crippen LogP contribution in [0.15, 0.2) is 0 Å². The number of aliphatic hydroxyl groups excluding tert-OH is 3. The molecule has 11 heavy (non-hydrogen) atoms. The van der Waals surface area contributed by atoms with Crippen molar-refractivity contribution in [1.29, 1.82) is 0 Å². The Labute approximate surface area is 64.2 Å². The number of hydrogen-bond acceptors (Lipinski definition) is 5. The van der Waals surface area contributed by atoms with E-state index >= 15 is 0 Å². The first kappa shape index (κ1) is 8.89. The molecule has 4 atom stereocenters. The Morgan fingerprint density at radius 1 is 1.36 bits per heavy atom. The number of methoxy groups -OCH3 is 1. The highest BCUT2D eigenvalue weighted by atomic mass is 16.6. The molecule has 1 rings (SSSR count). The van der Waals surface area contributed by atoms with Crippen molar-refractivity contribution in [2.75, 3.05) is 13.7 Å². The van der Waals surface area contributed by atoms with Crippen molar-refractivity contribution < 1.29 is 24.8 Å². The lowest BCUT2D eigenvalue weighted by Crippen LogP contribution is -2.53. The summed E-state index contributed by atoms with van der Waals surface area (Å²) < 4.78 is 9.36. The van der Waals surface area contributed by atoms with Gasteiger partial charge in [0.15, 0.2) is 6.29 Å². The summed E-state index contributed by atoms with van der Waals surface area (Å²) in [5, 5.41) is 27.2. The third-order valence-electron chi connectivity index (χ3n) is 1.72. The fourth-order valence-electron chi connectivity index (χ4n) is 1.08. The molecule has 0 radical (unpaired) electrons. The van der Waals surface area contributed by atoms with Crippen LogP contribution in [0, 0.1) is 0 Å². The zero-order valence-corrected chi connectivity index (χ0v) is 6.17. The van der Waals surface area contributed by atoms with Crippen LogP contribution in [-0.4, -0.2) is 53.6 Å². The van der Waals surface area contributed by atoms with E-state index in [2.05, 4.69) is 4.74 Å². The standard InChI is InChI=1S/C6H12O5/c1-10-5-3(7)2-11-6(9)4(5)8/h3-9H,2H2,1H3/t3-,4+,5-,6-/m0/s1. The zero-order valence-electron chi connectivity index (χ0n) is 6.17. The Kier molecular flexibility index (Phi) is 2.80. The highest BCUT2D eigenvalue weighted by molar-refractivity contribution is 4.82. The topological polar surface area (TPSA) is 79.2 Å². The van der Waals surface area contributed by atoms with Crippen LogP contribution in [0.1, 0.15) is 0 Å². The molecular formula is C6H12O5. The van der Waals surface area contributed by atoms with E-state index in [1.54, 1.807) is 0 Å². The number of ether oxygens (including phenoxy) is 2. The lowest BCUT2D eigenvalue weighted by Gasteiger charge is -2.34. The smallest absolute Gasteiger partial charge is 0.183 e. The third-order valence-corrected chi connectivity index (χ3v) is 1.72. The zero-order chi connectivity index (χ0) is 8.43. The van der Waals surface area contributed by atoms with Crippen molar-refractivity contribution in [3.8, 4) is 0 Å². The van der Waals surface area contributed by atoms with Gasteiger partial charge in [0, 0.05) is 7.11 Å². The van der Waals surface area contributed by atoms with Gasteiger partial charge in [-0.15, -0.1) is 0 Å². The summed E-state index contributed by atoms with van der Waals surface area (Å²) in [6.45, 7) is -0.0171. The van der Waals surface area contributed by atoms with Gasteiger partial charge in [-0.3, -0.25) is 0 Å². The lowest BCUT2D eigenvalue weighted by molar-refractivity contribution is -0.257. The molecule has 0 bridgehead atoms. The Morgan fingerprint density at radius 3 is 2.45 bits per heavy atom. The van der Waals surface area contributed by atoms with Gasteiger partial charge in [-0.05, 0) is 0 Å². The largest absolute Gasteiger partial charge is 0.388 e. The van der Waals surface area contributed by atoms with E-state index in [-0.39, 0.29) is 6.61 Å². The Balaban J connectivity index is 2.55. The summed E-state index contributed by atoms with van der Waals surface area (Å²) in [6, 6.07) is 0. The van der Waals surface area contributed by atoms with Crippen LogP contribution in [0.25, 0.3) is 0 Å². The van der Waals surface area contributed by atoms with Gasteiger partial charge < -0.3 is 24.8 Å². The average molecular weight is 164 g/mol. The highest BCUT2D eigenvalue weighted by Gasteiger charge is 2.37. The summed E-state index contributed by atoms with van der Waals surface area (Å²) in [4.78, 5) is 0. The summed E-state index contributed by atoms with van der Waals surface area (Å²) in [5.74, 6) is 0. The first-order valence-electron chi connectivity index (χ1n) is 3.35. The monoisotopic (exact) mass is 164 g/mol. The molecule has 0 amide bonds. The summed E-state index contributed by atoms with van der Waals surface area (Å²) in [5.41, 5.74) is 0. The molecular weight excluding hydrogens is 152 g/mol. The SMILES string of the molecule is CO[C@@H]1[C@@H](O)[C@@H](O)OC[C@@H]1O. The minimum Gasteiger partial charge on any atom is -0.388 e. The highest BCUT2D eigenvalue weighted by Crippen LogP contribution is 2.15. The number of rotatable bonds is 1. The minimum atomic E-state index is -1.26. The predicted molar refractivity (Wildman–Crippen MR) is 34.8 cm³/mol. The summed E-state index contributed by atoms with van der Waals surface area (Å²) in [7, 11) is 1.36. The van der Waals surface area contributed by atoms with Crippen LogP contribution in [0.5, 0.6) is 0 Å². The molecule has 5 nitrogen and oxygen atoms in total. The van der Waals surface area contributed by atoms with Gasteiger partial charge in [0.1, 0.15) is 18.3 Å². The van der Waals surface area contributed by atoms with E-state index in [1.165, 1.54) is 7.11 Å². The van der Waals surface area contributed by atoms with Crippen molar-refractivity contribution in [3.63, 3.8) is 0 Å². The Hall–Kier alpha value is -0.200. The fraction of sp³-hybridized carbons (Fsp3) is 1.00. The second-order valence-corrected chi connectivity index (χ2v) is 2.48. The molecule has 0 spiro atoms. The van der Waals surface area contributed by atoms with Gasteiger partial charge in [0.05, 0.1) is 6.61 Å². The van der Waals surface area contributed by atoms with Crippen molar-refractivity contribution in [1.82, 2.24) is 0 Å². The molecule has 66 valence electrons. The van der Waals surface area contributed by atoms with Crippen LogP contribution < -0.4 is 0 Å². The van der Waals surface area contributed by atoms with E-state index in [1.807, 2.05) is 0 Å². The lowest BCUT2D eigenvalue weighted by atomic mass is 10.1. The maximum Gasteiger partial charge on any atom is 0.183 e. The molecule has 0 unspecified atom stereocenters. The van der Waals surface area contributed by atoms with Crippen molar-refractivity contribution >= 4 is 0 Å². The molecule has 5 heteroatoms. The first-order chi connectivity index (χ1) is 5.16. The van der Waals surface area contributed by atoms with Gasteiger partial charge >= 0.3 is 0 Å². The minimum absolute atomic E-state index is 0.0171. The molecule has 0 aliphatic carbocycles. The molecule has 0 aromatic heterocycles. The van der Waals surface area contributed by atoms with E-state index in [9.17, 15) is 0 Å². The van der Waals surface area contributed by atoms with Crippen LogP contribution in [-0.2, 0) is 9.47 Å². The second kappa shape index (κ2) is 3.46. The maximum atomic E-state index is 9.15. The quantitative estimate of drug-likeness (QED) is 0.420. The van der Waals surface area contributed by atoms with E-state index < -0.39 is 24.6 Å². The number of hydrogen-bond donors (Lipinski definition) is 3. The Bertz CT molecular complexity index is 128. The maximum absolute atomic E-state index is 9.15. The van der Waals surface area contributed by atoms with Crippen LogP contribution in [0.2, 0.25) is 0 Å². The van der Waals surface area contributed by atoms with E-state index in [4.69, 9.17) is 20.1 Å². The van der Waals surface area contributed by atoms with Crippen LogP contribution in [0.4, 0.5) is 0 Å². The first-order valence-corrected chi connectivity index (χ1v) is 3.35. The molecule has 1 aliphatic rings. The summed E-state index contributed by atoms with van der Waals surface area (Å²) in [6.07, 6.45) is -4.08. The predicted octanol–water partition coefficient (Wildman–Crippen LogP) is -1.93. The van der Waals surface area contributed by atoms with Crippen molar-refractivity contribution in [3.05, 3.63) is 0 Å². The molecule has 3 N–H and O–H groups in total. The molecule has 1 aliphatic heterocycles. The van der Waals surface area contributed by atoms with E-state index in [0.717, 1.165) is 0 Å². The Morgan fingerprint density at radius 2 is 2.00 bits per heavy atom. The van der Waals surface area contributed by atoms with Gasteiger partial charge in [0.25, 0.3) is 0 Å². The number of aliphatic hydroxyl groups is 3. The summed E-state index contributed by atoms with van der Waals surface area (Å²) >= 11 is 0. The van der Waals surface area contributed by atoms with Crippen LogP contribution >= 0.6 is 0 Å². The van der Waals surface area contributed by atoms with Gasteiger partial charge in [-0.1, -0.05) is 0 Å².